The first-order chi connectivity index (χ1) is 15.6. The maximum Gasteiger partial charge on any atom is 0.265 e. The lowest BCUT2D eigenvalue weighted by Gasteiger charge is -2.38. The van der Waals surface area contributed by atoms with Gasteiger partial charge in [-0.25, -0.2) is 0 Å². The smallest absolute Gasteiger partial charge is 0.265 e. The number of anilines is 2. The molecular formula is C24H26N4O3S. The Morgan fingerprint density at radius 2 is 1.97 bits per heavy atom. The van der Waals surface area contributed by atoms with E-state index in [9.17, 15) is 14.9 Å². The number of hydrogen-bond acceptors (Lipinski definition) is 6. The van der Waals surface area contributed by atoms with E-state index in [1.807, 2.05) is 34.1 Å². The van der Waals surface area contributed by atoms with Gasteiger partial charge in [-0.2, -0.15) is 5.26 Å². The van der Waals surface area contributed by atoms with E-state index in [4.69, 9.17) is 4.74 Å². The molecule has 166 valence electrons. The Balaban J connectivity index is 1.32. The molecule has 1 aromatic carbocycles. The fourth-order valence-corrected chi connectivity index (χ4v) is 6.11. The van der Waals surface area contributed by atoms with E-state index in [0.717, 1.165) is 62.9 Å². The first-order valence-corrected chi connectivity index (χ1v) is 12.1. The van der Waals surface area contributed by atoms with Crippen LogP contribution in [0.25, 0.3) is 0 Å². The molecule has 7 nitrogen and oxygen atoms in total. The topological polar surface area (TPSA) is 85.7 Å². The second kappa shape index (κ2) is 8.83. The summed E-state index contributed by atoms with van der Waals surface area (Å²) in [7, 11) is 0. The highest BCUT2D eigenvalue weighted by molar-refractivity contribution is 7.16. The van der Waals surface area contributed by atoms with Crippen LogP contribution in [0.3, 0.4) is 0 Å². The van der Waals surface area contributed by atoms with Crippen LogP contribution in [0.1, 0.15) is 41.7 Å². The zero-order chi connectivity index (χ0) is 22.1. The molecule has 2 aliphatic heterocycles. The predicted molar refractivity (Wildman–Crippen MR) is 123 cm³/mol. The average molecular weight is 451 g/mol. The largest absolute Gasteiger partial charge is 0.477 e. The average Bonchev–Trinajstić information content (AvgIpc) is 3.39. The SMILES string of the molecule is N#Cc1c(NC(=O)CN2C[C@@H](C(=O)N3CCCCC3)Oc3ccccc32)sc2c1CCC2. The van der Waals surface area contributed by atoms with Crippen LogP contribution in [-0.2, 0) is 22.4 Å². The summed E-state index contributed by atoms with van der Waals surface area (Å²) in [4.78, 5) is 31.1. The van der Waals surface area contributed by atoms with Gasteiger partial charge in [0.15, 0.2) is 6.10 Å². The summed E-state index contributed by atoms with van der Waals surface area (Å²) < 4.78 is 6.05. The Bertz CT molecular complexity index is 1080. The molecule has 3 heterocycles. The van der Waals surface area contributed by atoms with Crippen molar-refractivity contribution in [2.75, 3.05) is 36.4 Å². The molecule has 1 aliphatic carbocycles. The van der Waals surface area contributed by atoms with Gasteiger partial charge in [-0.15, -0.1) is 11.3 Å². The van der Waals surface area contributed by atoms with Gasteiger partial charge in [0.2, 0.25) is 5.91 Å². The van der Waals surface area contributed by atoms with E-state index >= 15 is 0 Å². The molecule has 2 aromatic rings. The number of rotatable bonds is 4. The molecule has 0 spiro atoms. The van der Waals surface area contributed by atoms with Gasteiger partial charge >= 0.3 is 0 Å². The first-order valence-electron chi connectivity index (χ1n) is 11.3. The Hall–Kier alpha value is -3.05. The molecule has 0 saturated carbocycles. The van der Waals surface area contributed by atoms with Gasteiger partial charge < -0.3 is 19.9 Å². The highest BCUT2D eigenvalue weighted by Crippen LogP contribution is 2.39. The molecule has 0 radical (unpaired) electrons. The number of fused-ring (bicyclic) bond motifs is 2. The van der Waals surface area contributed by atoms with Crippen molar-refractivity contribution in [2.45, 2.75) is 44.6 Å². The van der Waals surface area contributed by atoms with Gasteiger partial charge in [0.1, 0.15) is 16.8 Å². The van der Waals surface area contributed by atoms with E-state index in [1.165, 1.54) is 16.2 Å². The zero-order valence-corrected chi connectivity index (χ0v) is 18.7. The molecule has 32 heavy (non-hydrogen) atoms. The second-order valence-corrected chi connectivity index (χ2v) is 9.67. The Morgan fingerprint density at radius 3 is 2.78 bits per heavy atom. The van der Waals surface area contributed by atoms with E-state index in [2.05, 4.69) is 11.4 Å². The minimum Gasteiger partial charge on any atom is -0.477 e. The number of carbonyl (C=O) groups is 2. The number of hydrogen-bond donors (Lipinski definition) is 1. The van der Waals surface area contributed by atoms with Crippen molar-refractivity contribution < 1.29 is 14.3 Å². The second-order valence-electron chi connectivity index (χ2n) is 8.56. The molecule has 1 atom stereocenters. The van der Waals surface area contributed by atoms with Gasteiger partial charge in [-0.05, 0) is 56.2 Å². The van der Waals surface area contributed by atoms with Crippen LogP contribution >= 0.6 is 11.3 Å². The molecule has 1 aromatic heterocycles. The Labute approximate surface area is 191 Å². The number of nitrogens with zero attached hydrogens (tertiary/aromatic N) is 3. The number of thiophene rings is 1. The highest BCUT2D eigenvalue weighted by Gasteiger charge is 2.34. The summed E-state index contributed by atoms with van der Waals surface area (Å²) in [5.41, 5.74) is 2.51. The number of ether oxygens (including phenoxy) is 1. The van der Waals surface area contributed by atoms with Crippen molar-refractivity contribution in [2.24, 2.45) is 0 Å². The minimum absolute atomic E-state index is 0.00828. The molecule has 0 unspecified atom stereocenters. The first kappa shape index (κ1) is 20.8. The lowest BCUT2D eigenvalue weighted by Crippen LogP contribution is -2.52. The minimum atomic E-state index is -0.629. The number of likely N-dealkylation sites (tertiary alicyclic amines) is 1. The monoisotopic (exact) mass is 450 g/mol. The van der Waals surface area contributed by atoms with Gasteiger partial charge in [-0.1, -0.05) is 12.1 Å². The number of para-hydroxylation sites is 2. The molecule has 1 fully saturated rings. The van der Waals surface area contributed by atoms with Crippen LogP contribution in [-0.4, -0.2) is 49.0 Å². The summed E-state index contributed by atoms with van der Waals surface area (Å²) in [6, 6.07) is 9.79. The maximum absolute atomic E-state index is 13.1. The van der Waals surface area contributed by atoms with Crippen molar-refractivity contribution in [1.82, 2.24) is 4.90 Å². The molecule has 2 amide bonds. The van der Waals surface area contributed by atoms with Crippen molar-refractivity contribution in [3.63, 3.8) is 0 Å². The predicted octanol–water partition coefficient (Wildman–Crippen LogP) is 3.33. The van der Waals surface area contributed by atoms with Crippen LogP contribution in [0.15, 0.2) is 24.3 Å². The van der Waals surface area contributed by atoms with Crippen molar-refractivity contribution in [3.8, 4) is 11.8 Å². The summed E-state index contributed by atoms with van der Waals surface area (Å²) in [6.45, 7) is 1.95. The van der Waals surface area contributed by atoms with E-state index < -0.39 is 6.10 Å². The molecule has 5 rings (SSSR count). The van der Waals surface area contributed by atoms with Crippen molar-refractivity contribution in [3.05, 3.63) is 40.3 Å². The molecule has 3 aliphatic rings. The zero-order valence-electron chi connectivity index (χ0n) is 17.9. The third-order valence-corrected chi connectivity index (χ3v) is 7.63. The number of nitrogens with one attached hydrogen (secondary N) is 1. The third-order valence-electron chi connectivity index (χ3n) is 6.43. The van der Waals surface area contributed by atoms with Crippen LogP contribution in [0.2, 0.25) is 0 Å². The van der Waals surface area contributed by atoms with E-state index in [-0.39, 0.29) is 18.4 Å². The van der Waals surface area contributed by atoms with Gasteiger partial charge in [0.05, 0.1) is 24.3 Å². The highest BCUT2D eigenvalue weighted by atomic mass is 32.1. The number of amides is 2. The lowest BCUT2D eigenvalue weighted by atomic mass is 10.1. The lowest BCUT2D eigenvalue weighted by molar-refractivity contribution is -0.139. The van der Waals surface area contributed by atoms with Crippen molar-refractivity contribution in [1.29, 1.82) is 5.26 Å². The number of carbonyl (C=O) groups excluding carboxylic acids is 2. The van der Waals surface area contributed by atoms with E-state index in [0.29, 0.717) is 22.9 Å². The van der Waals surface area contributed by atoms with Crippen LogP contribution in [0, 0.1) is 11.3 Å². The Morgan fingerprint density at radius 1 is 1.16 bits per heavy atom. The fourth-order valence-electron chi connectivity index (χ4n) is 4.85. The summed E-state index contributed by atoms with van der Waals surface area (Å²) in [5, 5.41) is 13.2. The molecule has 8 heteroatoms. The summed E-state index contributed by atoms with van der Waals surface area (Å²) in [5.74, 6) is 0.420. The van der Waals surface area contributed by atoms with Crippen LogP contribution < -0.4 is 15.0 Å². The Kier molecular flexibility index (Phi) is 5.75. The summed E-state index contributed by atoms with van der Waals surface area (Å²) >= 11 is 1.51. The third kappa shape index (κ3) is 3.93. The van der Waals surface area contributed by atoms with Crippen LogP contribution in [0.4, 0.5) is 10.7 Å². The number of piperidine rings is 1. The number of nitriles is 1. The normalized spacial score (nSPS) is 19.5. The fraction of sp³-hybridized carbons (Fsp3) is 0.458. The standard InChI is InChI=1S/C24H26N4O3S/c25-13-17-16-7-6-10-21(16)32-23(17)26-22(29)15-28-14-20(24(30)27-11-4-1-5-12-27)31-19-9-3-2-8-18(19)28/h2-3,8-9,20H,1,4-7,10-12,14-15H2,(H,26,29)/t20-/m0/s1. The van der Waals surface area contributed by atoms with Gasteiger partial charge in [-0.3, -0.25) is 9.59 Å². The number of aryl methyl sites for hydroxylation is 1. The molecule has 1 N–H and O–H groups in total. The van der Waals surface area contributed by atoms with Gasteiger partial charge in [0.25, 0.3) is 5.91 Å². The molecule has 1 saturated heterocycles. The summed E-state index contributed by atoms with van der Waals surface area (Å²) in [6.07, 6.45) is 5.52. The van der Waals surface area contributed by atoms with Crippen molar-refractivity contribution >= 4 is 33.8 Å². The number of benzene rings is 1. The maximum atomic E-state index is 13.1. The quantitative estimate of drug-likeness (QED) is 0.772. The van der Waals surface area contributed by atoms with Crippen LogP contribution in [0.5, 0.6) is 5.75 Å². The molecular weight excluding hydrogens is 424 g/mol. The van der Waals surface area contributed by atoms with E-state index in [1.54, 1.807) is 0 Å². The molecule has 0 bridgehead atoms. The van der Waals surface area contributed by atoms with Gasteiger partial charge in [0, 0.05) is 18.0 Å².